The van der Waals surface area contributed by atoms with Crippen LogP contribution >= 0.6 is 0 Å². The molecular formula is C13H23N3O2. The molecule has 18 heavy (non-hydrogen) atoms. The Labute approximate surface area is 108 Å². The van der Waals surface area contributed by atoms with Crippen molar-refractivity contribution in [2.75, 3.05) is 27.2 Å². The van der Waals surface area contributed by atoms with Crippen molar-refractivity contribution in [2.24, 2.45) is 0 Å². The second kappa shape index (κ2) is 5.38. The lowest BCUT2D eigenvalue weighted by Gasteiger charge is -2.21. The Morgan fingerprint density at radius 1 is 1.50 bits per heavy atom. The number of likely N-dealkylation sites (N-methyl/N-ethyl adjacent to an activating group) is 1. The highest BCUT2D eigenvalue weighted by atomic mass is 16.5. The van der Waals surface area contributed by atoms with E-state index in [0.29, 0.717) is 12.5 Å². The van der Waals surface area contributed by atoms with Gasteiger partial charge < -0.3 is 14.5 Å². The first-order valence-corrected chi connectivity index (χ1v) is 6.49. The van der Waals surface area contributed by atoms with Gasteiger partial charge in [0.05, 0.1) is 18.3 Å². The summed E-state index contributed by atoms with van der Waals surface area (Å²) >= 11 is 0. The zero-order valence-electron chi connectivity index (χ0n) is 11.6. The van der Waals surface area contributed by atoms with Crippen molar-refractivity contribution in [3.63, 3.8) is 0 Å². The fourth-order valence-electron chi connectivity index (χ4n) is 2.38. The molecule has 2 heterocycles. The molecule has 1 N–H and O–H groups in total. The van der Waals surface area contributed by atoms with Crippen molar-refractivity contribution in [3.8, 4) is 0 Å². The summed E-state index contributed by atoms with van der Waals surface area (Å²) in [7, 11) is 4.01. The van der Waals surface area contributed by atoms with Crippen molar-refractivity contribution in [2.45, 2.75) is 38.5 Å². The first kappa shape index (κ1) is 13.5. The van der Waals surface area contributed by atoms with Gasteiger partial charge in [-0.1, -0.05) is 19.0 Å². The lowest BCUT2D eigenvalue weighted by molar-refractivity contribution is 0.112. The number of likely N-dealkylation sites (tertiary alicyclic amines) is 1. The predicted molar refractivity (Wildman–Crippen MR) is 69.4 cm³/mol. The summed E-state index contributed by atoms with van der Waals surface area (Å²) in [6, 6.07) is 2.22. The predicted octanol–water partition coefficient (Wildman–Crippen LogP) is 0.905. The van der Waals surface area contributed by atoms with E-state index in [4.69, 9.17) is 4.52 Å². The second-order valence-electron chi connectivity index (χ2n) is 5.67. The molecule has 0 aromatic carbocycles. The number of nitrogens with zero attached hydrogens (tertiary/aromatic N) is 3. The third-order valence-corrected chi connectivity index (χ3v) is 3.55. The first-order chi connectivity index (χ1) is 8.47. The van der Waals surface area contributed by atoms with Crippen LogP contribution in [0.5, 0.6) is 0 Å². The molecular weight excluding hydrogens is 230 g/mol. The minimum atomic E-state index is -0.285. The Morgan fingerprint density at radius 2 is 2.22 bits per heavy atom. The number of rotatable bonds is 4. The van der Waals surface area contributed by atoms with E-state index >= 15 is 0 Å². The SMILES string of the molecule is CC(C)c1cc(CN2C[C@H](O)[C@@H](N(C)C)C2)on1. The Kier molecular flexibility index (Phi) is 4.04. The third-order valence-electron chi connectivity index (χ3n) is 3.55. The lowest BCUT2D eigenvalue weighted by atomic mass is 10.1. The van der Waals surface area contributed by atoms with Crippen LogP contribution in [0.2, 0.25) is 0 Å². The van der Waals surface area contributed by atoms with Crippen LogP contribution in [0.3, 0.4) is 0 Å². The van der Waals surface area contributed by atoms with Gasteiger partial charge in [0.25, 0.3) is 0 Å². The number of aliphatic hydroxyl groups excluding tert-OH is 1. The summed E-state index contributed by atoms with van der Waals surface area (Å²) in [4.78, 5) is 4.28. The third kappa shape index (κ3) is 2.91. The summed E-state index contributed by atoms with van der Waals surface area (Å²) in [6.45, 7) is 6.49. The van der Waals surface area contributed by atoms with Gasteiger partial charge in [-0.05, 0) is 20.0 Å². The molecule has 0 saturated carbocycles. The van der Waals surface area contributed by atoms with Crippen LogP contribution in [0.1, 0.15) is 31.2 Å². The molecule has 1 aliphatic rings. The molecule has 2 atom stereocenters. The molecule has 0 bridgehead atoms. The van der Waals surface area contributed by atoms with Crippen molar-refractivity contribution in [1.29, 1.82) is 0 Å². The Bertz CT molecular complexity index is 389. The van der Waals surface area contributed by atoms with Gasteiger partial charge >= 0.3 is 0 Å². The van der Waals surface area contributed by atoms with Crippen LogP contribution in [-0.4, -0.2) is 59.4 Å². The van der Waals surface area contributed by atoms with Crippen molar-refractivity contribution < 1.29 is 9.63 Å². The van der Waals surface area contributed by atoms with Gasteiger partial charge in [0.1, 0.15) is 0 Å². The van der Waals surface area contributed by atoms with Crippen LogP contribution < -0.4 is 0 Å². The van der Waals surface area contributed by atoms with Crippen molar-refractivity contribution >= 4 is 0 Å². The summed E-state index contributed by atoms with van der Waals surface area (Å²) in [6.07, 6.45) is -0.285. The summed E-state index contributed by atoms with van der Waals surface area (Å²) in [5.41, 5.74) is 0.994. The lowest BCUT2D eigenvalue weighted by Crippen LogP contribution is -2.37. The van der Waals surface area contributed by atoms with Gasteiger partial charge in [0, 0.05) is 25.2 Å². The smallest absolute Gasteiger partial charge is 0.150 e. The average molecular weight is 253 g/mol. The standard InChI is InChI=1S/C13H23N3O2/c1-9(2)11-5-10(18-14-11)6-16-7-12(15(3)4)13(17)8-16/h5,9,12-13,17H,6-8H2,1-4H3/t12-,13-/m0/s1. The molecule has 2 rings (SSSR count). The van der Waals surface area contributed by atoms with E-state index in [0.717, 1.165) is 24.5 Å². The summed E-state index contributed by atoms with van der Waals surface area (Å²) in [5.74, 6) is 1.27. The molecule has 0 unspecified atom stereocenters. The molecule has 0 radical (unpaired) electrons. The topological polar surface area (TPSA) is 52.7 Å². The fourth-order valence-corrected chi connectivity index (χ4v) is 2.38. The zero-order valence-corrected chi connectivity index (χ0v) is 11.6. The molecule has 1 saturated heterocycles. The summed E-state index contributed by atoms with van der Waals surface area (Å²) < 4.78 is 5.33. The molecule has 0 spiro atoms. The van der Waals surface area contributed by atoms with Crippen molar-refractivity contribution in [1.82, 2.24) is 15.0 Å². The molecule has 102 valence electrons. The minimum Gasteiger partial charge on any atom is -0.390 e. The maximum atomic E-state index is 9.97. The van der Waals surface area contributed by atoms with E-state index in [1.807, 2.05) is 20.2 Å². The fraction of sp³-hybridized carbons (Fsp3) is 0.769. The van der Waals surface area contributed by atoms with E-state index in [2.05, 4.69) is 28.8 Å². The van der Waals surface area contributed by atoms with Gasteiger partial charge in [-0.2, -0.15) is 0 Å². The highest BCUT2D eigenvalue weighted by Gasteiger charge is 2.33. The molecule has 0 amide bonds. The highest BCUT2D eigenvalue weighted by Crippen LogP contribution is 2.19. The number of aliphatic hydroxyl groups is 1. The van der Waals surface area contributed by atoms with Gasteiger partial charge in [-0.25, -0.2) is 0 Å². The van der Waals surface area contributed by atoms with E-state index in [1.165, 1.54) is 0 Å². The molecule has 0 aliphatic carbocycles. The summed E-state index contributed by atoms with van der Waals surface area (Å²) in [5, 5.41) is 14.0. The van der Waals surface area contributed by atoms with Crippen LogP contribution in [-0.2, 0) is 6.54 Å². The minimum absolute atomic E-state index is 0.206. The number of aromatic nitrogens is 1. The van der Waals surface area contributed by atoms with Crippen LogP contribution in [0.15, 0.2) is 10.6 Å². The molecule has 1 aromatic rings. The maximum absolute atomic E-state index is 9.97. The normalized spacial score (nSPS) is 25.5. The van der Waals surface area contributed by atoms with Crippen LogP contribution in [0.4, 0.5) is 0 Å². The van der Waals surface area contributed by atoms with Crippen LogP contribution in [0.25, 0.3) is 0 Å². The Hall–Kier alpha value is -0.910. The molecule has 5 nitrogen and oxygen atoms in total. The van der Waals surface area contributed by atoms with E-state index in [9.17, 15) is 5.11 Å². The van der Waals surface area contributed by atoms with Crippen molar-refractivity contribution in [3.05, 3.63) is 17.5 Å². The van der Waals surface area contributed by atoms with Gasteiger partial charge in [-0.3, -0.25) is 4.90 Å². The quantitative estimate of drug-likeness (QED) is 0.864. The first-order valence-electron chi connectivity index (χ1n) is 6.49. The highest BCUT2D eigenvalue weighted by molar-refractivity contribution is 5.09. The van der Waals surface area contributed by atoms with Gasteiger partial charge in [0.15, 0.2) is 5.76 Å². The Morgan fingerprint density at radius 3 is 2.72 bits per heavy atom. The number of β-amino-alcohol motifs (C(OH)–C–C–N with tert-alkyl or cyclic N) is 1. The van der Waals surface area contributed by atoms with Gasteiger partial charge in [-0.15, -0.1) is 0 Å². The number of hydrogen-bond donors (Lipinski definition) is 1. The largest absolute Gasteiger partial charge is 0.390 e. The zero-order chi connectivity index (χ0) is 13.3. The molecule has 5 heteroatoms. The Balaban J connectivity index is 1.94. The number of hydrogen-bond acceptors (Lipinski definition) is 5. The van der Waals surface area contributed by atoms with E-state index in [-0.39, 0.29) is 12.1 Å². The molecule has 1 fully saturated rings. The molecule has 1 aromatic heterocycles. The van der Waals surface area contributed by atoms with E-state index in [1.54, 1.807) is 0 Å². The second-order valence-corrected chi connectivity index (χ2v) is 5.67. The average Bonchev–Trinajstić information content (AvgIpc) is 2.86. The van der Waals surface area contributed by atoms with Gasteiger partial charge in [0.2, 0.25) is 0 Å². The molecule has 1 aliphatic heterocycles. The van der Waals surface area contributed by atoms with Crippen LogP contribution in [0, 0.1) is 0 Å². The maximum Gasteiger partial charge on any atom is 0.150 e. The van der Waals surface area contributed by atoms with E-state index < -0.39 is 0 Å². The monoisotopic (exact) mass is 253 g/mol.